The highest BCUT2D eigenvalue weighted by molar-refractivity contribution is 6.24. The summed E-state index contributed by atoms with van der Waals surface area (Å²) in [6.45, 7) is 5.03. The molecule has 2 fully saturated rings. The summed E-state index contributed by atoms with van der Waals surface area (Å²) >= 11 is 0. The van der Waals surface area contributed by atoms with E-state index >= 15 is 0 Å². The fourth-order valence-electron chi connectivity index (χ4n) is 8.15. The standard InChI is InChI=1S/C35H41N3O7/c1-4-19-9-8-18(17-38-12-6-5-7-13-38)14-22(19)21-10-11-25(39)27-23(21)15-20-16-24-29(37(2)3)31(41)28(34(36)44)33(43)35(24,45)32(42)26(20)30(27)40/h8-11,14,20,24,29,39-40,43,45H,4-7,12-13,15-17H2,1-3H3,(H2,36,44)/t20-,24-,29-,35-/m0/s1. The summed E-state index contributed by atoms with van der Waals surface area (Å²) in [5, 5.41) is 45.7. The number of aryl methyl sites for hydroxylation is 1. The second kappa shape index (κ2) is 11.4. The van der Waals surface area contributed by atoms with E-state index in [1.165, 1.54) is 35.8 Å². The van der Waals surface area contributed by atoms with Crippen LogP contribution >= 0.6 is 0 Å². The van der Waals surface area contributed by atoms with Crippen LogP contribution in [0.3, 0.4) is 0 Å². The average molecular weight is 616 g/mol. The van der Waals surface area contributed by atoms with E-state index in [0.717, 1.165) is 42.7 Å². The first-order valence-corrected chi connectivity index (χ1v) is 15.7. The number of amides is 1. The number of benzene rings is 2. The van der Waals surface area contributed by atoms with Gasteiger partial charge in [-0.1, -0.05) is 31.5 Å². The highest BCUT2D eigenvalue weighted by Crippen LogP contribution is 2.53. The Bertz CT molecular complexity index is 1670. The number of likely N-dealkylation sites (tertiary alicyclic amines) is 1. The number of likely N-dealkylation sites (N-methyl/N-ethyl adjacent to an activating group) is 1. The quantitative estimate of drug-likeness (QED) is 0.307. The molecule has 1 saturated carbocycles. The Balaban J connectivity index is 1.49. The molecule has 2 aromatic rings. The lowest BCUT2D eigenvalue weighted by molar-refractivity contribution is -0.153. The maximum Gasteiger partial charge on any atom is 0.255 e. The van der Waals surface area contributed by atoms with E-state index in [0.29, 0.717) is 5.56 Å². The monoisotopic (exact) mass is 615 g/mol. The van der Waals surface area contributed by atoms with Crippen molar-refractivity contribution in [1.82, 2.24) is 9.80 Å². The van der Waals surface area contributed by atoms with Crippen molar-refractivity contribution in [2.45, 2.75) is 63.6 Å². The van der Waals surface area contributed by atoms with Crippen LogP contribution in [0.1, 0.15) is 54.9 Å². The van der Waals surface area contributed by atoms with Gasteiger partial charge in [-0.15, -0.1) is 0 Å². The third kappa shape index (κ3) is 4.78. The summed E-state index contributed by atoms with van der Waals surface area (Å²) in [5.74, 6) is -6.56. The molecule has 0 spiro atoms. The number of hydrogen-bond donors (Lipinski definition) is 5. The van der Waals surface area contributed by atoms with Gasteiger partial charge in [0.05, 0.1) is 11.6 Å². The van der Waals surface area contributed by atoms with E-state index in [2.05, 4.69) is 30.0 Å². The molecule has 4 aliphatic rings. The fourth-order valence-corrected chi connectivity index (χ4v) is 8.15. The smallest absolute Gasteiger partial charge is 0.255 e. The van der Waals surface area contributed by atoms with Crippen molar-refractivity contribution in [2.24, 2.45) is 17.6 Å². The summed E-state index contributed by atoms with van der Waals surface area (Å²) < 4.78 is 0. The predicted molar refractivity (Wildman–Crippen MR) is 168 cm³/mol. The summed E-state index contributed by atoms with van der Waals surface area (Å²) in [7, 11) is 3.18. The van der Waals surface area contributed by atoms with Gasteiger partial charge in [-0.3, -0.25) is 24.2 Å². The summed E-state index contributed by atoms with van der Waals surface area (Å²) in [6, 6.07) is 8.68. The lowest BCUT2D eigenvalue weighted by Gasteiger charge is -2.50. The Morgan fingerprint density at radius 1 is 1.04 bits per heavy atom. The van der Waals surface area contributed by atoms with Crippen LogP contribution in [-0.4, -0.2) is 86.5 Å². The Hall–Kier alpha value is -3.99. The molecule has 3 aliphatic carbocycles. The van der Waals surface area contributed by atoms with Crippen molar-refractivity contribution >= 4 is 23.2 Å². The van der Waals surface area contributed by atoms with Crippen LogP contribution in [0.15, 0.2) is 47.2 Å². The number of ketones is 2. The van der Waals surface area contributed by atoms with Crippen molar-refractivity contribution in [3.63, 3.8) is 0 Å². The molecule has 45 heavy (non-hydrogen) atoms. The first-order valence-electron chi connectivity index (χ1n) is 15.7. The highest BCUT2D eigenvalue weighted by Gasteiger charge is 2.64. The van der Waals surface area contributed by atoms with Crippen molar-refractivity contribution < 1.29 is 34.8 Å². The number of fused-ring (bicyclic) bond motifs is 3. The maximum absolute atomic E-state index is 14.2. The molecule has 238 valence electrons. The molecule has 1 aliphatic heterocycles. The zero-order valence-corrected chi connectivity index (χ0v) is 26.0. The number of aliphatic hydroxyl groups excluding tert-OH is 2. The van der Waals surface area contributed by atoms with Gasteiger partial charge in [0.15, 0.2) is 11.4 Å². The first kappa shape index (κ1) is 31.0. The maximum atomic E-state index is 14.2. The number of carbonyl (C=O) groups excluding carboxylic acids is 3. The van der Waals surface area contributed by atoms with Crippen molar-refractivity contribution in [3.8, 4) is 16.9 Å². The number of aromatic hydroxyl groups is 1. The molecule has 1 amide bonds. The minimum atomic E-state index is -2.66. The number of nitrogens with two attached hydrogens (primary N) is 1. The molecule has 10 nitrogen and oxygen atoms in total. The number of rotatable bonds is 6. The molecule has 0 aromatic heterocycles. The number of Topliss-reactive ketones (excluding diaryl/α,β-unsaturated/α-hetero) is 2. The number of carbonyl (C=O) groups is 3. The van der Waals surface area contributed by atoms with Crippen molar-refractivity contribution in [1.29, 1.82) is 0 Å². The minimum absolute atomic E-state index is 0.0521. The van der Waals surface area contributed by atoms with E-state index in [9.17, 15) is 34.8 Å². The third-order valence-electron chi connectivity index (χ3n) is 10.3. The molecule has 10 heteroatoms. The Morgan fingerprint density at radius 3 is 2.40 bits per heavy atom. The van der Waals surface area contributed by atoms with Gasteiger partial charge in [-0.25, -0.2) is 0 Å². The topological polar surface area (TPSA) is 165 Å². The molecule has 1 heterocycles. The molecule has 0 radical (unpaired) electrons. The first-order chi connectivity index (χ1) is 21.4. The van der Waals surface area contributed by atoms with Gasteiger partial charge in [-0.2, -0.15) is 0 Å². The highest BCUT2D eigenvalue weighted by atomic mass is 16.3. The number of phenols is 1. The van der Waals surface area contributed by atoms with E-state index in [1.807, 2.05) is 6.07 Å². The van der Waals surface area contributed by atoms with Gasteiger partial charge in [0.2, 0.25) is 5.78 Å². The van der Waals surface area contributed by atoms with Crippen LogP contribution in [0.25, 0.3) is 16.9 Å². The molecule has 6 N–H and O–H groups in total. The van der Waals surface area contributed by atoms with E-state index in [4.69, 9.17) is 5.73 Å². The molecular weight excluding hydrogens is 574 g/mol. The van der Waals surface area contributed by atoms with Crippen LogP contribution in [0, 0.1) is 11.8 Å². The Labute approximate surface area is 262 Å². The van der Waals surface area contributed by atoms with Crippen LogP contribution in [0.2, 0.25) is 0 Å². The summed E-state index contributed by atoms with van der Waals surface area (Å²) in [6.07, 6.45) is 4.69. The molecule has 6 rings (SSSR count). The second-order valence-electron chi connectivity index (χ2n) is 13.1. The largest absolute Gasteiger partial charge is 0.508 e. The van der Waals surface area contributed by atoms with Crippen LogP contribution in [0.4, 0.5) is 0 Å². The zero-order valence-electron chi connectivity index (χ0n) is 26.0. The third-order valence-corrected chi connectivity index (χ3v) is 10.3. The lowest BCUT2D eigenvalue weighted by Crippen LogP contribution is -2.65. The number of piperidine rings is 1. The van der Waals surface area contributed by atoms with E-state index in [1.54, 1.807) is 14.1 Å². The van der Waals surface area contributed by atoms with Gasteiger partial charge >= 0.3 is 0 Å². The number of phenolic OH excluding ortho intramolecular Hbond substituents is 1. The molecule has 0 bridgehead atoms. The minimum Gasteiger partial charge on any atom is -0.508 e. The van der Waals surface area contributed by atoms with E-state index < -0.39 is 58.0 Å². The summed E-state index contributed by atoms with van der Waals surface area (Å²) in [4.78, 5) is 43.7. The van der Waals surface area contributed by atoms with Crippen molar-refractivity contribution in [3.05, 3.63) is 69.5 Å². The lowest BCUT2D eigenvalue weighted by atomic mass is 9.57. The number of primary amides is 1. The molecular formula is C35H41N3O7. The SMILES string of the molecule is CCc1ccc(CN2CCCCC2)cc1-c1ccc(O)c2c1C[C@H]1C[C@H]3[C@H](N(C)C)C(=O)C(C(N)=O)=C(O)[C@@]3(O)C(=O)C1=C2O. The molecule has 1 saturated heterocycles. The van der Waals surface area contributed by atoms with Crippen LogP contribution in [-0.2, 0) is 33.8 Å². The van der Waals surface area contributed by atoms with Crippen molar-refractivity contribution in [2.75, 3.05) is 27.2 Å². The molecule has 4 atom stereocenters. The number of nitrogens with zero attached hydrogens (tertiary/aromatic N) is 2. The summed E-state index contributed by atoms with van der Waals surface area (Å²) in [5.41, 5.74) is 6.67. The predicted octanol–water partition coefficient (Wildman–Crippen LogP) is 3.18. The van der Waals surface area contributed by atoms with Crippen LogP contribution < -0.4 is 5.73 Å². The second-order valence-corrected chi connectivity index (χ2v) is 13.1. The van der Waals surface area contributed by atoms with Gasteiger partial charge < -0.3 is 26.2 Å². The molecule has 2 aromatic carbocycles. The van der Waals surface area contributed by atoms with Gasteiger partial charge in [0.25, 0.3) is 5.91 Å². The normalized spacial score (nSPS) is 27.0. The number of aliphatic hydroxyl groups is 3. The van der Waals surface area contributed by atoms with Gasteiger partial charge in [-0.05, 0) is 105 Å². The average Bonchev–Trinajstić information content (AvgIpc) is 2.99. The van der Waals surface area contributed by atoms with E-state index in [-0.39, 0.29) is 29.7 Å². The Morgan fingerprint density at radius 2 is 1.76 bits per heavy atom. The zero-order chi connectivity index (χ0) is 32.4. The number of hydrogen-bond acceptors (Lipinski definition) is 9. The van der Waals surface area contributed by atoms with Gasteiger partial charge in [0.1, 0.15) is 22.8 Å². The van der Waals surface area contributed by atoms with Crippen LogP contribution in [0.5, 0.6) is 5.75 Å². The fraction of sp³-hybridized carbons (Fsp3) is 0.457. The Kier molecular flexibility index (Phi) is 7.87. The van der Waals surface area contributed by atoms with Gasteiger partial charge in [0, 0.05) is 18.0 Å². The molecule has 0 unspecified atom stereocenters.